The zero-order valence-electron chi connectivity index (χ0n) is 26.8. The van der Waals surface area contributed by atoms with Crippen LogP contribution in [-0.4, -0.2) is 101 Å². The zero-order valence-corrected chi connectivity index (χ0v) is 28.9. The Hall–Kier alpha value is -2.33. The number of aliphatic hydroxyl groups is 1. The van der Waals surface area contributed by atoms with Gasteiger partial charge in [0.15, 0.2) is 0 Å². The van der Waals surface area contributed by atoms with Gasteiger partial charge < -0.3 is 40.0 Å². The molecule has 3 aliphatic heterocycles. The van der Waals surface area contributed by atoms with Gasteiger partial charge in [0.05, 0.1) is 41.8 Å². The lowest BCUT2D eigenvalue weighted by Crippen LogP contribution is -2.51. The highest BCUT2D eigenvalue weighted by molar-refractivity contribution is 14.1. The number of hydrogen-bond acceptors (Lipinski definition) is 9. The Balaban J connectivity index is 1.47. The molecule has 3 amide bonds. The Morgan fingerprint density at radius 3 is 2.42 bits per heavy atom. The van der Waals surface area contributed by atoms with Crippen LogP contribution in [0.5, 0.6) is 0 Å². The van der Waals surface area contributed by atoms with Gasteiger partial charge in [0.25, 0.3) is 0 Å². The quantitative estimate of drug-likeness (QED) is 0.0396. The van der Waals surface area contributed by atoms with Crippen LogP contribution in [0.3, 0.4) is 0 Å². The molecule has 0 aromatic carbocycles. The van der Waals surface area contributed by atoms with Gasteiger partial charge in [-0.15, -0.1) is 0 Å². The van der Waals surface area contributed by atoms with Crippen molar-refractivity contribution in [1.29, 1.82) is 0 Å². The molecule has 0 aromatic heterocycles. The Kier molecular flexibility index (Phi) is 14.5. The minimum Gasteiger partial charge on any atom is -0.459 e. The molecule has 4 N–H and O–H groups in total. The highest BCUT2D eigenvalue weighted by atomic mass is 127. The molecule has 3 rings (SSSR count). The molecule has 0 aromatic rings. The molecule has 0 bridgehead atoms. The highest BCUT2D eigenvalue weighted by Crippen LogP contribution is 2.43. The van der Waals surface area contributed by atoms with Crippen LogP contribution in [0, 0.1) is 5.92 Å². The molecule has 0 aliphatic carbocycles. The van der Waals surface area contributed by atoms with Gasteiger partial charge in [-0.05, 0) is 45.6 Å². The summed E-state index contributed by atoms with van der Waals surface area (Å²) in [6.07, 6.45) is 8.22. The Bertz CT molecular complexity index is 1140. The topological polar surface area (TPSA) is 165 Å². The fourth-order valence-electron chi connectivity index (χ4n) is 5.62. The number of carbonyl (C=O) groups is 4. The van der Waals surface area contributed by atoms with Crippen LogP contribution in [0.15, 0.2) is 36.0 Å². The number of nitrogens with one attached hydrogen (secondary N) is 3. The normalized spacial score (nSPS) is 32.3. The summed E-state index contributed by atoms with van der Waals surface area (Å²) < 4.78 is 23.4. The molecule has 0 unspecified atom stereocenters. The lowest BCUT2D eigenvalue weighted by Gasteiger charge is -2.39. The maximum atomic E-state index is 12.5. The first-order chi connectivity index (χ1) is 21.3. The Morgan fingerprint density at radius 2 is 1.78 bits per heavy atom. The second kappa shape index (κ2) is 17.5. The van der Waals surface area contributed by atoms with Gasteiger partial charge in [0.2, 0.25) is 17.7 Å². The number of alkyl halides is 1. The molecule has 3 fully saturated rings. The van der Waals surface area contributed by atoms with E-state index >= 15 is 0 Å². The first-order valence-corrected chi connectivity index (χ1v) is 17.1. The van der Waals surface area contributed by atoms with E-state index in [1.54, 1.807) is 13.0 Å². The molecule has 0 saturated carbocycles. The van der Waals surface area contributed by atoms with Gasteiger partial charge in [0.1, 0.15) is 23.9 Å². The molecule has 12 nitrogen and oxygen atoms in total. The average Bonchev–Trinajstić information content (AvgIpc) is 3.75. The summed E-state index contributed by atoms with van der Waals surface area (Å²) >= 11 is 1.98. The molecule has 252 valence electrons. The van der Waals surface area contributed by atoms with E-state index < -0.39 is 36.0 Å². The third kappa shape index (κ3) is 12.1. The molecule has 3 aliphatic rings. The second-order valence-electron chi connectivity index (χ2n) is 12.2. The molecular weight excluding hydrogens is 697 g/mol. The zero-order chi connectivity index (χ0) is 33.1. The van der Waals surface area contributed by atoms with E-state index in [-0.39, 0.29) is 48.3 Å². The van der Waals surface area contributed by atoms with Crippen molar-refractivity contribution < 1.29 is 43.2 Å². The second-order valence-corrected chi connectivity index (χ2v) is 12.9. The smallest absolute Gasteiger partial charge is 0.303 e. The molecule has 1 spiro atoms. The third-order valence-electron chi connectivity index (χ3n) is 8.23. The van der Waals surface area contributed by atoms with Crippen molar-refractivity contribution in [2.75, 3.05) is 24.1 Å². The van der Waals surface area contributed by atoms with Crippen LogP contribution < -0.4 is 16.0 Å². The van der Waals surface area contributed by atoms with Crippen LogP contribution in [0.1, 0.15) is 60.3 Å². The van der Waals surface area contributed by atoms with Crippen molar-refractivity contribution in [2.24, 2.45) is 5.92 Å². The van der Waals surface area contributed by atoms with Crippen molar-refractivity contribution in [2.45, 2.75) is 109 Å². The minimum atomic E-state index is -0.834. The van der Waals surface area contributed by atoms with Crippen molar-refractivity contribution in [1.82, 2.24) is 16.0 Å². The van der Waals surface area contributed by atoms with Crippen molar-refractivity contribution in [3.05, 3.63) is 36.0 Å². The van der Waals surface area contributed by atoms with E-state index in [4.69, 9.17) is 18.9 Å². The fourth-order valence-corrected chi connectivity index (χ4v) is 5.89. The number of esters is 1. The van der Waals surface area contributed by atoms with Crippen molar-refractivity contribution in [3.63, 3.8) is 0 Å². The number of hydrogen-bond donors (Lipinski definition) is 4. The number of amides is 3. The van der Waals surface area contributed by atoms with Crippen LogP contribution in [-0.2, 0) is 38.1 Å². The number of allylic oxidation sites excluding steroid dienone is 2. The SMILES string of the molecule is CC(=O)O[C@@H](C)/C=C\C(=O)N[C@@H]1C[C@H](C)[C@H](C/C=C(C)/C=C/[C@H]2O[C@H](CC(=O)NCCNC(=O)CI)C[C@@]3(CO3)[C@@H]2O)O[C@@H]1C. The van der Waals surface area contributed by atoms with Gasteiger partial charge in [-0.1, -0.05) is 53.3 Å². The number of carbonyl (C=O) groups excluding carboxylic acids is 4. The predicted molar refractivity (Wildman–Crippen MR) is 175 cm³/mol. The molecule has 45 heavy (non-hydrogen) atoms. The highest BCUT2D eigenvalue weighted by Gasteiger charge is 2.58. The summed E-state index contributed by atoms with van der Waals surface area (Å²) in [7, 11) is 0. The standard InChI is InChI=1S/C32H48IN3O9/c1-19(6-9-26-20(2)14-25(22(4)44-26)36-28(38)11-8-21(3)43-23(5)37)7-10-27-31(41)32(18-42-32)16-24(45-27)15-29(39)34-12-13-35-30(40)17-33/h6-8,10-11,20-22,24-27,31,41H,9,12-18H2,1-5H3,(H,34,39)(H,35,40)(H,36,38)/b10-7+,11-8-,19-6+/t20-,21-,22+,24+,25+,26-,27+,31+,32+/m0/s1. The first-order valence-electron chi connectivity index (χ1n) is 15.5. The van der Waals surface area contributed by atoms with Crippen molar-refractivity contribution >= 4 is 46.3 Å². The summed E-state index contributed by atoms with van der Waals surface area (Å²) in [5, 5.41) is 19.4. The van der Waals surface area contributed by atoms with Crippen LogP contribution >= 0.6 is 22.6 Å². The summed E-state index contributed by atoms with van der Waals surface area (Å²) in [4.78, 5) is 47.3. The van der Waals surface area contributed by atoms with Crippen LogP contribution in [0.2, 0.25) is 0 Å². The van der Waals surface area contributed by atoms with E-state index in [1.807, 2.05) is 48.6 Å². The van der Waals surface area contributed by atoms with E-state index in [1.165, 1.54) is 13.0 Å². The van der Waals surface area contributed by atoms with Gasteiger partial charge >= 0.3 is 5.97 Å². The predicted octanol–water partition coefficient (Wildman–Crippen LogP) is 2.03. The van der Waals surface area contributed by atoms with E-state index in [0.29, 0.717) is 37.0 Å². The lowest BCUT2D eigenvalue weighted by molar-refractivity contribution is -0.145. The number of rotatable bonds is 14. The van der Waals surface area contributed by atoms with Gasteiger partial charge in [0, 0.05) is 32.5 Å². The number of aliphatic hydroxyl groups excluding tert-OH is 1. The molecule has 13 heteroatoms. The third-order valence-corrected chi connectivity index (χ3v) is 8.92. The summed E-state index contributed by atoms with van der Waals surface area (Å²) in [5.41, 5.74) is 0.296. The maximum Gasteiger partial charge on any atom is 0.303 e. The lowest BCUT2D eigenvalue weighted by atomic mass is 9.87. The van der Waals surface area contributed by atoms with Gasteiger partial charge in [-0.2, -0.15) is 0 Å². The minimum absolute atomic E-state index is 0.0199. The summed E-state index contributed by atoms with van der Waals surface area (Å²) in [6, 6.07) is -0.138. The Labute approximate surface area is 279 Å². The van der Waals surface area contributed by atoms with E-state index in [9.17, 15) is 24.3 Å². The molecule has 3 heterocycles. The molecule has 9 atom stereocenters. The van der Waals surface area contributed by atoms with Crippen LogP contribution in [0.25, 0.3) is 0 Å². The van der Waals surface area contributed by atoms with Crippen LogP contribution in [0.4, 0.5) is 0 Å². The number of epoxide rings is 1. The molecule has 3 saturated heterocycles. The maximum absolute atomic E-state index is 12.5. The number of halogens is 1. The van der Waals surface area contributed by atoms with E-state index in [2.05, 4.69) is 29.0 Å². The Morgan fingerprint density at radius 1 is 1.09 bits per heavy atom. The summed E-state index contributed by atoms with van der Waals surface area (Å²) in [6.45, 7) is 10.2. The monoisotopic (exact) mass is 745 g/mol. The average molecular weight is 746 g/mol. The summed E-state index contributed by atoms with van der Waals surface area (Å²) in [5.74, 6) is -0.719. The largest absolute Gasteiger partial charge is 0.459 e. The van der Waals surface area contributed by atoms with Gasteiger partial charge in [-0.25, -0.2) is 0 Å². The van der Waals surface area contributed by atoms with Crippen molar-refractivity contribution in [3.8, 4) is 0 Å². The van der Waals surface area contributed by atoms with Gasteiger partial charge in [-0.3, -0.25) is 19.2 Å². The fraction of sp³-hybridized carbons (Fsp3) is 0.688. The molecule has 0 radical (unpaired) electrons. The first kappa shape index (κ1) is 37.1. The van der Waals surface area contributed by atoms with E-state index in [0.717, 1.165) is 12.0 Å². The number of ether oxygens (including phenoxy) is 4. The molecular formula is C32H48IN3O9.